The SMILES string of the molecule is O=S(=O)(CC(CN1CCOCC1)N1CCOCC1)c1ccc(Br)cc1. The lowest BCUT2D eigenvalue weighted by Crippen LogP contribution is -2.53. The van der Waals surface area contributed by atoms with Crippen molar-refractivity contribution in [3.8, 4) is 0 Å². The van der Waals surface area contributed by atoms with E-state index in [0.29, 0.717) is 18.1 Å². The van der Waals surface area contributed by atoms with Gasteiger partial charge in [-0.15, -0.1) is 0 Å². The molecular formula is C17H25BrN2O4S. The van der Waals surface area contributed by atoms with Gasteiger partial charge in [-0.1, -0.05) is 15.9 Å². The van der Waals surface area contributed by atoms with Gasteiger partial charge in [0.1, 0.15) is 0 Å². The van der Waals surface area contributed by atoms with Crippen LogP contribution in [0.1, 0.15) is 0 Å². The minimum absolute atomic E-state index is 0.0318. The van der Waals surface area contributed by atoms with Crippen LogP contribution in [0.5, 0.6) is 0 Å². The quantitative estimate of drug-likeness (QED) is 0.674. The summed E-state index contributed by atoms with van der Waals surface area (Å²) in [7, 11) is -3.34. The Hall–Kier alpha value is -0.510. The summed E-state index contributed by atoms with van der Waals surface area (Å²) in [5.74, 6) is 0.131. The third-order valence-electron chi connectivity index (χ3n) is 4.72. The van der Waals surface area contributed by atoms with Gasteiger partial charge in [0.15, 0.2) is 9.84 Å². The molecule has 6 nitrogen and oxygen atoms in total. The molecule has 1 aromatic carbocycles. The Labute approximate surface area is 158 Å². The molecule has 0 aliphatic carbocycles. The molecule has 1 atom stereocenters. The predicted molar refractivity (Wildman–Crippen MR) is 99.6 cm³/mol. The summed E-state index contributed by atoms with van der Waals surface area (Å²) in [4.78, 5) is 4.95. The van der Waals surface area contributed by atoms with Crippen LogP contribution in [0.25, 0.3) is 0 Å². The van der Waals surface area contributed by atoms with Crippen molar-refractivity contribution in [3.63, 3.8) is 0 Å². The highest BCUT2D eigenvalue weighted by atomic mass is 79.9. The maximum atomic E-state index is 12.9. The van der Waals surface area contributed by atoms with E-state index in [4.69, 9.17) is 9.47 Å². The molecular weight excluding hydrogens is 408 g/mol. The highest BCUT2D eigenvalue weighted by molar-refractivity contribution is 9.10. The Kier molecular flexibility index (Phi) is 6.87. The van der Waals surface area contributed by atoms with Crippen LogP contribution in [-0.2, 0) is 19.3 Å². The fourth-order valence-electron chi connectivity index (χ4n) is 3.29. The zero-order valence-corrected chi connectivity index (χ0v) is 16.7. The van der Waals surface area contributed by atoms with E-state index in [-0.39, 0.29) is 11.8 Å². The molecule has 0 spiro atoms. The number of rotatable bonds is 6. The second kappa shape index (κ2) is 8.92. The summed E-state index contributed by atoms with van der Waals surface area (Å²) in [5, 5.41) is 0. The smallest absolute Gasteiger partial charge is 0.179 e. The van der Waals surface area contributed by atoms with E-state index in [2.05, 4.69) is 25.7 Å². The van der Waals surface area contributed by atoms with Crippen molar-refractivity contribution in [1.29, 1.82) is 0 Å². The summed E-state index contributed by atoms with van der Waals surface area (Å²) < 4.78 is 37.6. The van der Waals surface area contributed by atoms with Crippen molar-refractivity contribution in [2.45, 2.75) is 10.9 Å². The van der Waals surface area contributed by atoms with Gasteiger partial charge in [0, 0.05) is 43.2 Å². The first-order valence-electron chi connectivity index (χ1n) is 8.65. The van der Waals surface area contributed by atoms with Gasteiger partial charge in [0.25, 0.3) is 0 Å². The van der Waals surface area contributed by atoms with Crippen LogP contribution in [0.3, 0.4) is 0 Å². The number of halogens is 1. The first-order valence-corrected chi connectivity index (χ1v) is 11.1. The molecule has 140 valence electrons. The van der Waals surface area contributed by atoms with E-state index >= 15 is 0 Å². The standard InChI is InChI=1S/C17H25BrN2O4S/c18-15-1-3-17(4-2-15)25(21,22)14-16(20-7-11-24-12-8-20)13-19-5-9-23-10-6-19/h1-4,16H,5-14H2. The molecule has 0 N–H and O–H groups in total. The number of ether oxygens (including phenoxy) is 2. The Morgan fingerprint density at radius 3 is 2.12 bits per heavy atom. The highest BCUT2D eigenvalue weighted by Gasteiger charge is 2.29. The molecule has 25 heavy (non-hydrogen) atoms. The first kappa shape index (κ1) is 19.3. The number of morpholine rings is 2. The van der Waals surface area contributed by atoms with Crippen LogP contribution >= 0.6 is 15.9 Å². The number of benzene rings is 1. The lowest BCUT2D eigenvalue weighted by Gasteiger charge is -2.38. The molecule has 0 bridgehead atoms. The van der Waals surface area contributed by atoms with Crippen LogP contribution < -0.4 is 0 Å². The van der Waals surface area contributed by atoms with Crippen LogP contribution in [0, 0.1) is 0 Å². The van der Waals surface area contributed by atoms with E-state index in [1.165, 1.54) is 0 Å². The predicted octanol–water partition coefficient (Wildman–Crippen LogP) is 1.26. The van der Waals surface area contributed by atoms with Crippen molar-refractivity contribution in [2.75, 3.05) is 64.9 Å². The average Bonchev–Trinajstić information content (AvgIpc) is 2.63. The number of hydrogen-bond acceptors (Lipinski definition) is 6. The summed E-state index contributed by atoms with van der Waals surface area (Å²) >= 11 is 3.36. The maximum Gasteiger partial charge on any atom is 0.179 e. The number of nitrogens with zero attached hydrogens (tertiary/aromatic N) is 2. The van der Waals surface area contributed by atoms with E-state index in [9.17, 15) is 8.42 Å². The molecule has 0 amide bonds. The van der Waals surface area contributed by atoms with Crippen LogP contribution in [-0.4, -0.2) is 89.2 Å². The lowest BCUT2D eigenvalue weighted by molar-refractivity contribution is -0.00459. The average molecular weight is 433 g/mol. The largest absolute Gasteiger partial charge is 0.379 e. The van der Waals surface area contributed by atoms with Crippen molar-refractivity contribution in [3.05, 3.63) is 28.7 Å². The van der Waals surface area contributed by atoms with Gasteiger partial charge in [-0.3, -0.25) is 9.80 Å². The van der Waals surface area contributed by atoms with Gasteiger partial charge < -0.3 is 9.47 Å². The molecule has 2 saturated heterocycles. The second-order valence-corrected chi connectivity index (χ2v) is 9.40. The topological polar surface area (TPSA) is 59.1 Å². The summed E-state index contributed by atoms with van der Waals surface area (Å²) in [5.41, 5.74) is 0. The first-order chi connectivity index (χ1) is 12.0. The summed E-state index contributed by atoms with van der Waals surface area (Å²) in [6.45, 7) is 6.80. The van der Waals surface area contributed by atoms with Crippen LogP contribution in [0.4, 0.5) is 0 Å². The molecule has 2 heterocycles. The number of hydrogen-bond donors (Lipinski definition) is 0. The summed E-state index contributed by atoms with van der Waals surface area (Å²) in [6.07, 6.45) is 0. The second-order valence-electron chi connectivity index (χ2n) is 6.45. The molecule has 0 aromatic heterocycles. The van der Waals surface area contributed by atoms with Gasteiger partial charge in [-0.05, 0) is 24.3 Å². The van der Waals surface area contributed by atoms with E-state index < -0.39 is 9.84 Å². The Balaban J connectivity index is 1.74. The van der Waals surface area contributed by atoms with E-state index in [1.807, 2.05) is 0 Å². The van der Waals surface area contributed by atoms with Gasteiger partial charge in [-0.25, -0.2) is 8.42 Å². The monoisotopic (exact) mass is 432 g/mol. The third kappa shape index (κ3) is 5.48. The van der Waals surface area contributed by atoms with Crippen molar-refractivity contribution in [1.82, 2.24) is 9.80 Å². The van der Waals surface area contributed by atoms with Gasteiger partial charge in [0.2, 0.25) is 0 Å². The normalized spacial score (nSPS) is 22.0. The number of sulfone groups is 1. The maximum absolute atomic E-state index is 12.9. The minimum Gasteiger partial charge on any atom is -0.379 e. The summed E-state index contributed by atoms with van der Waals surface area (Å²) in [6, 6.07) is 6.86. The zero-order chi connectivity index (χ0) is 17.7. The molecule has 0 radical (unpaired) electrons. The van der Waals surface area contributed by atoms with E-state index in [1.54, 1.807) is 24.3 Å². The minimum atomic E-state index is -3.34. The molecule has 8 heteroatoms. The van der Waals surface area contributed by atoms with Gasteiger partial charge in [0.05, 0.1) is 37.1 Å². The molecule has 2 aliphatic heterocycles. The van der Waals surface area contributed by atoms with Crippen molar-refractivity contribution >= 4 is 25.8 Å². The third-order valence-corrected chi connectivity index (χ3v) is 7.06. The highest BCUT2D eigenvalue weighted by Crippen LogP contribution is 2.19. The molecule has 1 unspecified atom stereocenters. The van der Waals surface area contributed by atoms with Crippen molar-refractivity contribution in [2.24, 2.45) is 0 Å². The molecule has 2 aliphatic rings. The Morgan fingerprint density at radius 2 is 1.52 bits per heavy atom. The molecule has 1 aromatic rings. The van der Waals surface area contributed by atoms with Gasteiger partial charge in [-0.2, -0.15) is 0 Å². The Bertz CT molecular complexity index is 641. The molecule has 2 fully saturated rings. The van der Waals surface area contributed by atoms with Crippen LogP contribution in [0.15, 0.2) is 33.6 Å². The molecule has 0 saturated carbocycles. The van der Waals surface area contributed by atoms with Crippen molar-refractivity contribution < 1.29 is 17.9 Å². The Morgan fingerprint density at radius 1 is 0.960 bits per heavy atom. The lowest BCUT2D eigenvalue weighted by atomic mass is 10.2. The fraction of sp³-hybridized carbons (Fsp3) is 0.647. The van der Waals surface area contributed by atoms with Crippen LogP contribution in [0.2, 0.25) is 0 Å². The molecule has 3 rings (SSSR count). The zero-order valence-electron chi connectivity index (χ0n) is 14.3. The fourth-order valence-corrected chi connectivity index (χ4v) is 5.12. The van der Waals surface area contributed by atoms with E-state index in [0.717, 1.165) is 50.4 Å². The van der Waals surface area contributed by atoms with Gasteiger partial charge >= 0.3 is 0 Å².